The summed E-state index contributed by atoms with van der Waals surface area (Å²) in [5.74, 6) is 0.941. The van der Waals surface area contributed by atoms with Gasteiger partial charge < -0.3 is 4.42 Å². The Labute approximate surface area is 176 Å². The van der Waals surface area contributed by atoms with E-state index in [1.54, 1.807) is 43.3 Å². The number of carbonyl (C=O) groups is 1. The van der Waals surface area contributed by atoms with Gasteiger partial charge in [0.15, 0.2) is 0 Å². The number of furan rings is 1. The second-order valence-corrected chi connectivity index (χ2v) is 7.42. The van der Waals surface area contributed by atoms with Crippen LogP contribution in [0.5, 0.6) is 0 Å². The number of anilines is 1. The smallest absolute Gasteiger partial charge is 0.280 e. The molecule has 0 aliphatic carbocycles. The molecule has 0 spiro atoms. The number of hydrazone groups is 1. The molecule has 4 nitrogen and oxygen atoms in total. The van der Waals surface area contributed by atoms with Crippen LogP contribution in [0.15, 0.2) is 69.7 Å². The van der Waals surface area contributed by atoms with Crippen molar-refractivity contribution < 1.29 is 9.21 Å². The highest BCUT2D eigenvalue weighted by Gasteiger charge is 2.29. The van der Waals surface area contributed by atoms with Crippen molar-refractivity contribution in [1.82, 2.24) is 0 Å². The highest BCUT2D eigenvalue weighted by molar-refractivity contribution is 6.42. The number of rotatable bonds is 3. The second-order valence-electron chi connectivity index (χ2n) is 6.17. The fourth-order valence-corrected chi connectivity index (χ4v) is 3.33. The summed E-state index contributed by atoms with van der Waals surface area (Å²) >= 11 is 18.0. The van der Waals surface area contributed by atoms with Crippen LogP contribution >= 0.6 is 34.8 Å². The maximum Gasteiger partial charge on any atom is 0.280 e. The standard InChI is InChI=1S/C21H13Cl3N2O2/c1-12-17(21(27)26(25-12)15-5-7-18(23)19(24)10-15)11-16-6-8-20(28-16)13-3-2-4-14(22)9-13/h2-11H,1H3/b17-11-. The highest BCUT2D eigenvalue weighted by Crippen LogP contribution is 2.31. The van der Waals surface area contributed by atoms with Crippen molar-refractivity contribution in [2.45, 2.75) is 6.92 Å². The maximum atomic E-state index is 12.8. The van der Waals surface area contributed by atoms with Gasteiger partial charge in [0.2, 0.25) is 0 Å². The average Bonchev–Trinajstić information content (AvgIpc) is 3.24. The molecule has 28 heavy (non-hydrogen) atoms. The van der Waals surface area contributed by atoms with Crippen LogP contribution in [0.2, 0.25) is 15.1 Å². The molecule has 2 aromatic carbocycles. The molecule has 0 unspecified atom stereocenters. The monoisotopic (exact) mass is 430 g/mol. The van der Waals surface area contributed by atoms with E-state index in [2.05, 4.69) is 5.10 Å². The van der Waals surface area contributed by atoms with Crippen molar-refractivity contribution in [3.8, 4) is 11.3 Å². The van der Waals surface area contributed by atoms with Crippen LogP contribution in [0.25, 0.3) is 17.4 Å². The summed E-state index contributed by atoms with van der Waals surface area (Å²) in [5, 5.41) is 7.03. The van der Waals surface area contributed by atoms with Crippen LogP contribution in [-0.2, 0) is 4.79 Å². The lowest BCUT2D eigenvalue weighted by atomic mass is 10.1. The van der Waals surface area contributed by atoms with Gasteiger partial charge in [-0.05, 0) is 55.5 Å². The van der Waals surface area contributed by atoms with E-state index >= 15 is 0 Å². The van der Waals surface area contributed by atoms with Crippen molar-refractivity contribution in [2.75, 3.05) is 5.01 Å². The molecule has 1 amide bonds. The summed E-state index contributed by atoms with van der Waals surface area (Å²) in [6.45, 7) is 1.77. The van der Waals surface area contributed by atoms with Gasteiger partial charge in [-0.15, -0.1) is 0 Å². The molecule has 2 heterocycles. The first-order valence-corrected chi connectivity index (χ1v) is 9.48. The molecule has 0 saturated carbocycles. The topological polar surface area (TPSA) is 45.8 Å². The SMILES string of the molecule is CC1=NN(c2ccc(Cl)c(Cl)c2)C(=O)/C1=C\c1ccc(-c2cccc(Cl)c2)o1. The van der Waals surface area contributed by atoms with Crippen LogP contribution in [-0.4, -0.2) is 11.6 Å². The number of amides is 1. The minimum Gasteiger partial charge on any atom is -0.457 e. The lowest BCUT2D eigenvalue weighted by Gasteiger charge is -2.12. The summed E-state index contributed by atoms with van der Waals surface area (Å²) in [6, 6.07) is 15.9. The zero-order chi connectivity index (χ0) is 19.8. The van der Waals surface area contributed by atoms with E-state index in [9.17, 15) is 4.79 Å². The van der Waals surface area contributed by atoms with Crippen molar-refractivity contribution in [2.24, 2.45) is 5.10 Å². The number of hydrogen-bond acceptors (Lipinski definition) is 3. The Morgan fingerprint density at radius 3 is 2.57 bits per heavy atom. The maximum absolute atomic E-state index is 12.8. The molecule has 1 aromatic heterocycles. The average molecular weight is 432 g/mol. The van der Waals surface area contributed by atoms with E-state index < -0.39 is 0 Å². The Kier molecular flexibility index (Phi) is 5.02. The zero-order valence-electron chi connectivity index (χ0n) is 14.6. The van der Waals surface area contributed by atoms with Gasteiger partial charge in [0.05, 0.1) is 27.0 Å². The number of benzene rings is 2. The van der Waals surface area contributed by atoms with Gasteiger partial charge in [0.1, 0.15) is 11.5 Å². The summed E-state index contributed by atoms with van der Waals surface area (Å²) in [7, 11) is 0. The molecule has 0 radical (unpaired) electrons. The Morgan fingerprint density at radius 2 is 1.82 bits per heavy atom. The van der Waals surface area contributed by atoms with E-state index in [0.717, 1.165) is 5.56 Å². The molecule has 0 saturated heterocycles. The molecule has 0 atom stereocenters. The van der Waals surface area contributed by atoms with Crippen molar-refractivity contribution in [3.05, 3.63) is 81.0 Å². The predicted molar refractivity (Wildman–Crippen MR) is 114 cm³/mol. The first-order valence-electron chi connectivity index (χ1n) is 8.35. The molecule has 1 aliphatic rings. The van der Waals surface area contributed by atoms with Gasteiger partial charge in [-0.25, -0.2) is 0 Å². The van der Waals surface area contributed by atoms with E-state index in [1.165, 1.54) is 5.01 Å². The molecule has 140 valence electrons. The van der Waals surface area contributed by atoms with Crippen molar-refractivity contribution in [1.29, 1.82) is 0 Å². The molecular formula is C21H13Cl3N2O2. The van der Waals surface area contributed by atoms with E-state index in [4.69, 9.17) is 39.2 Å². The summed E-state index contributed by atoms with van der Waals surface area (Å²) < 4.78 is 5.86. The Hall–Kier alpha value is -2.53. The van der Waals surface area contributed by atoms with Crippen LogP contribution in [0.3, 0.4) is 0 Å². The fraction of sp³-hybridized carbons (Fsp3) is 0.0476. The molecule has 7 heteroatoms. The van der Waals surface area contributed by atoms with Gasteiger partial charge in [-0.1, -0.05) is 46.9 Å². The minimum atomic E-state index is -0.267. The second kappa shape index (κ2) is 7.47. The van der Waals surface area contributed by atoms with E-state index in [1.807, 2.05) is 24.3 Å². The Bertz CT molecular complexity index is 1150. The number of nitrogens with zero attached hydrogens (tertiary/aromatic N) is 2. The van der Waals surface area contributed by atoms with Gasteiger partial charge in [0.25, 0.3) is 5.91 Å². The quantitative estimate of drug-likeness (QED) is 0.432. The molecule has 0 N–H and O–H groups in total. The predicted octanol–water partition coefficient (Wildman–Crippen LogP) is 6.71. The van der Waals surface area contributed by atoms with Crippen LogP contribution in [0.4, 0.5) is 5.69 Å². The number of carbonyl (C=O) groups excluding carboxylic acids is 1. The highest BCUT2D eigenvalue weighted by atomic mass is 35.5. The summed E-state index contributed by atoms with van der Waals surface area (Å²) in [6.07, 6.45) is 1.67. The van der Waals surface area contributed by atoms with Gasteiger partial charge in [-0.3, -0.25) is 4.79 Å². The lowest BCUT2D eigenvalue weighted by molar-refractivity contribution is -0.114. The Balaban J connectivity index is 1.63. The Morgan fingerprint density at radius 1 is 1.00 bits per heavy atom. The first kappa shape index (κ1) is 18.8. The van der Waals surface area contributed by atoms with Crippen molar-refractivity contribution >= 4 is 58.2 Å². The van der Waals surface area contributed by atoms with Crippen molar-refractivity contribution in [3.63, 3.8) is 0 Å². The third kappa shape index (κ3) is 3.59. The zero-order valence-corrected chi connectivity index (χ0v) is 16.9. The summed E-state index contributed by atoms with van der Waals surface area (Å²) in [4.78, 5) is 12.8. The third-order valence-corrected chi connectivity index (χ3v) is 5.21. The molecular weight excluding hydrogens is 419 g/mol. The lowest BCUT2D eigenvalue weighted by Crippen LogP contribution is -2.21. The van der Waals surface area contributed by atoms with Gasteiger partial charge in [0, 0.05) is 10.6 Å². The third-order valence-electron chi connectivity index (χ3n) is 4.23. The van der Waals surface area contributed by atoms with E-state index in [-0.39, 0.29) is 5.91 Å². The van der Waals surface area contributed by atoms with Crippen LogP contribution in [0, 0.1) is 0 Å². The van der Waals surface area contributed by atoms with E-state index in [0.29, 0.717) is 43.6 Å². The van der Waals surface area contributed by atoms with Gasteiger partial charge in [-0.2, -0.15) is 10.1 Å². The largest absolute Gasteiger partial charge is 0.457 e. The molecule has 0 bridgehead atoms. The number of hydrogen-bond donors (Lipinski definition) is 0. The van der Waals surface area contributed by atoms with Crippen LogP contribution < -0.4 is 5.01 Å². The van der Waals surface area contributed by atoms with Crippen LogP contribution in [0.1, 0.15) is 12.7 Å². The minimum absolute atomic E-state index is 0.267. The first-order chi connectivity index (χ1) is 13.4. The normalized spacial score (nSPS) is 15.4. The number of halogens is 3. The molecule has 4 rings (SSSR count). The molecule has 3 aromatic rings. The van der Waals surface area contributed by atoms with Gasteiger partial charge >= 0.3 is 0 Å². The fourth-order valence-electron chi connectivity index (χ4n) is 2.85. The molecule has 0 fully saturated rings. The summed E-state index contributed by atoms with van der Waals surface area (Å²) in [5.41, 5.74) is 2.42. The molecule has 1 aliphatic heterocycles.